The van der Waals surface area contributed by atoms with E-state index in [2.05, 4.69) is 42.4 Å². The van der Waals surface area contributed by atoms with Gasteiger partial charge in [0.2, 0.25) is 5.95 Å². The monoisotopic (exact) mass is 477 g/mol. The van der Waals surface area contributed by atoms with Crippen molar-refractivity contribution in [2.75, 3.05) is 23.2 Å². The lowest BCUT2D eigenvalue weighted by Crippen LogP contribution is -2.41. The van der Waals surface area contributed by atoms with Gasteiger partial charge in [-0.05, 0) is 60.7 Å². The van der Waals surface area contributed by atoms with Crippen LogP contribution in [0, 0.1) is 11.3 Å². The summed E-state index contributed by atoms with van der Waals surface area (Å²) < 4.78 is 0. The van der Waals surface area contributed by atoms with Crippen LogP contribution in [0.25, 0.3) is 11.3 Å². The number of aromatic nitrogens is 2. The van der Waals surface area contributed by atoms with Crippen LogP contribution < -0.4 is 10.1 Å². The van der Waals surface area contributed by atoms with Crippen LogP contribution in [0.15, 0.2) is 42.6 Å². The summed E-state index contributed by atoms with van der Waals surface area (Å²) in [6, 6.07) is 14.2. The summed E-state index contributed by atoms with van der Waals surface area (Å²) in [5.41, 5.74) is 6.91. The first-order chi connectivity index (χ1) is 17.3. The highest BCUT2D eigenvalue weighted by Gasteiger charge is 2.37. The van der Waals surface area contributed by atoms with Crippen molar-refractivity contribution >= 4 is 38.0 Å². The first-order valence-corrected chi connectivity index (χ1v) is 12.1. The van der Waals surface area contributed by atoms with Gasteiger partial charge in [-0.1, -0.05) is 26.0 Å². The Hall–Kier alpha value is -3.67. The second-order valence-electron chi connectivity index (χ2n) is 10.0. The summed E-state index contributed by atoms with van der Waals surface area (Å²) in [7, 11) is 0.976. The molecule has 0 fully saturated rings. The summed E-state index contributed by atoms with van der Waals surface area (Å²) in [5.74, 6) is 0.462. The Morgan fingerprint density at radius 2 is 2.14 bits per heavy atom. The van der Waals surface area contributed by atoms with Crippen LogP contribution in [-0.4, -0.2) is 53.5 Å². The molecule has 2 aliphatic heterocycles. The van der Waals surface area contributed by atoms with Crippen LogP contribution in [-0.2, 0) is 23.2 Å². The van der Waals surface area contributed by atoms with Gasteiger partial charge in [0.05, 0.1) is 11.3 Å². The Morgan fingerprint density at radius 1 is 1.31 bits per heavy atom. The Bertz CT molecular complexity index is 1370. The second kappa shape index (κ2) is 9.41. The van der Waals surface area contributed by atoms with Gasteiger partial charge in [-0.15, -0.1) is 0 Å². The zero-order valence-electron chi connectivity index (χ0n) is 20.7. The number of carbonyl (C=O) groups excluding carboxylic acids is 1. The first kappa shape index (κ1) is 24.0. The number of hydrogen-bond donors (Lipinski definition) is 2. The molecule has 0 unspecified atom stereocenters. The van der Waals surface area contributed by atoms with Crippen molar-refractivity contribution < 1.29 is 9.82 Å². The maximum Gasteiger partial charge on any atom is 0.376 e. The molecular weight excluding hydrogens is 450 g/mol. The molecule has 5 rings (SSSR count). The van der Waals surface area contributed by atoms with E-state index in [1.807, 2.05) is 33.9 Å². The lowest BCUT2D eigenvalue weighted by atomic mass is 9.81. The number of fused-ring (bicyclic) bond motifs is 2. The molecule has 2 aliphatic rings. The molecule has 3 heterocycles. The molecule has 0 saturated carbocycles. The Labute approximate surface area is 212 Å². The summed E-state index contributed by atoms with van der Waals surface area (Å²) >= 11 is 0. The van der Waals surface area contributed by atoms with Gasteiger partial charge in [0.15, 0.2) is 0 Å². The molecule has 0 atom stereocenters. The number of nitrogens with one attached hydrogen (secondary N) is 1. The number of hydrogen-bond acceptors (Lipinski definition) is 8. The van der Waals surface area contributed by atoms with E-state index in [0.29, 0.717) is 30.3 Å². The average Bonchev–Trinajstić information content (AvgIpc) is 3.13. The number of anilines is 3. The fourth-order valence-electron chi connectivity index (χ4n) is 5.22. The highest BCUT2D eigenvalue weighted by Crippen LogP contribution is 2.44. The highest BCUT2D eigenvalue weighted by atomic mass is 16.2. The van der Waals surface area contributed by atoms with E-state index in [-0.39, 0.29) is 5.41 Å². The predicted molar refractivity (Wildman–Crippen MR) is 143 cm³/mol. The number of nitriles is 1. The van der Waals surface area contributed by atoms with Crippen LogP contribution in [0.1, 0.15) is 36.1 Å². The van der Waals surface area contributed by atoms with Crippen LogP contribution in [0.2, 0.25) is 6.82 Å². The molecule has 2 aromatic carbocycles. The minimum Gasteiger partial charge on any atom is -0.437 e. The third-order valence-electron chi connectivity index (χ3n) is 7.08. The standard InChI is InChI=1S/C26H27B2N6O2/c1-26(2)15-34(27-16-35)24-19(13-29)11-18(12-21(24)26)22-7-9-30-25(31-22)32-23-6-4-5-17-8-10-33(28(3)36)14-20(17)23/h4-7,9,11-12,16,36H,8,10,14-15H2,1-3H3,(H,30,31,32). The van der Waals surface area contributed by atoms with Crippen molar-refractivity contribution in [1.82, 2.24) is 14.8 Å². The largest absolute Gasteiger partial charge is 0.437 e. The van der Waals surface area contributed by atoms with Crippen molar-refractivity contribution in [1.29, 1.82) is 5.26 Å². The van der Waals surface area contributed by atoms with E-state index in [0.717, 1.165) is 47.2 Å². The van der Waals surface area contributed by atoms with Gasteiger partial charge in [-0.3, -0.25) is 0 Å². The zero-order chi connectivity index (χ0) is 25.4. The molecule has 10 heteroatoms. The molecule has 0 amide bonds. The summed E-state index contributed by atoms with van der Waals surface area (Å²) in [6.45, 7) is 8.10. The van der Waals surface area contributed by atoms with E-state index in [1.54, 1.807) is 13.0 Å². The molecule has 0 bridgehead atoms. The molecular formula is C26H27B2N6O2. The zero-order valence-corrected chi connectivity index (χ0v) is 20.7. The van der Waals surface area contributed by atoms with Crippen LogP contribution in [0.3, 0.4) is 0 Å². The number of rotatable bonds is 6. The van der Waals surface area contributed by atoms with Gasteiger partial charge in [0.25, 0.3) is 0 Å². The molecule has 0 saturated heterocycles. The number of benzene rings is 2. The maximum atomic E-state index is 11.2. The van der Waals surface area contributed by atoms with Gasteiger partial charge in [0, 0.05) is 41.6 Å². The minimum atomic E-state index is -0.510. The highest BCUT2D eigenvalue weighted by molar-refractivity contribution is 6.70. The van der Waals surface area contributed by atoms with Gasteiger partial charge in [-0.2, -0.15) is 5.26 Å². The predicted octanol–water partition coefficient (Wildman–Crippen LogP) is 3.13. The number of carbonyl (C=O) groups is 1. The Kier molecular flexibility index (Phi) is 6.29. The fraction of sp³-hybridized carbons (Fsp3) is 0.308. The van der Waals surface area contributed by atoms with Gasteiger partial charge < -0.3 is 24.8 Å². The molecule has 0 aliphatic carbocycles. The van der Waals surface area contributed by atoms with Crippen LogP contribution >= 0.6 is 0 Å². The first-order valence-electron chi connectivity index (χ1n) is 12.1. The molecule has 2 N–H and O–H groups in total. The smallest absolute Gasteiger partial charge is 0.376 e. The van der Waals surface area contributed by atoms with E-state index in [1.165, 1.54) is 13.0 Å². The number of nitrogens with zero attached hydrogens (tertiary/aromatic N) is 5. The molecule has 179 valence electrons. The summed E-state index contributed by atoms with van der Waals surface area (Å²) in [6.07, 6.45) is 3.33. The van der Waals surface area contributed by atoms with E-state index >= 15 is 0 Å². The quantitative estimate of drug-likeness (QED) is 0.412. The minimum absolute atomic E-state index is 0.233. The van der Waals surface area contributed by atoms with Crippen molar-refractivity contribution in [3.8, 4) is 17.3 Å². The van der Waals surface area contributed by atoms with E-state index in [4.69, 9.17) is 4.98 Å². The maximum absolute atomic E-state index is 11.2. The van der Waals surface area contributed by atoms with Gasteiger partial charge in [-0.25, -0.2) is 9.97 Å². The van der Waals surface area contributed by atoms with Crippen molar-refractivity contribution in [2.45, 2.75) is 39.1 Å². The SMILES string of the molecule is CB(O)N1CCc2cccc(Nc3nccc(-c4cc(C#N)c5c(c4)C(C)(C)CN5[B]C=O)n3)c2C1. The van der Waals surface area contributed by atoms with Crippen molar-refractivity contribution in [3.05, 3.63) is 64.8 Å². The Balaban J connectivity index is 1.50. The third kappa shape index (κ3) is 4.36. The summed E-state index contributed by atoms with van der Waals surface area (Å²) in [4.78, 5) is 24.3. The van der Waals surface area contributed by atoms with Crippen LogP contribution in [0.5, 0.6) is 0 Å². The lowest BCUT2D eigenvalue weighted by Gasteiger charge is -2.31. The van der Waals surface area contributed by atoms with Crippen LogP contribution in [0.4, 0.5) is 17.3 Å². The second-order valence-corrected chi connectivity index (χ2v) is 10.0. The molecule has 0 spiro atoms. The van der Waals surface area contributed by atoms with Crippen molar-refractivity contribution in [2.24, 2.45) is 0 Å². The van der Waals surface area contributed by atoms with E-state index in [9.17, 15) is 15.1 Å². The van der Waals surface area contributed by atoms with E-state index < -0.39 is 7.05 Å². The summed E-state index contributed by atoms with van der Waals surface area (Å²) in [5, 5.41) is 23.4. The van der Waals surface area contributed by atoms with Gasteiger partial charge >= 0.3 is 14.5 Å². The molecule has 3 aromatic rings. The lowest BCUT2D eigenvalue weighted by molar-refractivity contribution is 0.347. The normalized spacial score (nSPS) is 16.0. The molecule has 36 heavy (non-hydrogen) atoms. The fourth-order valence-corrected chi connectivity index (χ4v) is 5.22. The topological polar surface area (TPSA) is 105 Å². The average molecular weight is 477 g/mol. The Morgan fingerprint density at radius 3 is 2.89 bits per heavy atom. The molecule has 1 aromatic heterocycles. The molecule has 8 nitrogen and oxygen atoms in total. The van der Waals surface area contributed by atoms with Gasteiger partial charge in [0.1, 0.15) is 12.3 Å². The third-order valence-corrected chi connectivity index (χ3v) is 7.08. The molecule has 1 radical (unpaired) electrons. The van der Waals surface area contributed by atoms with Crippen molar-refractivity contribution in [3.63, 3.8) is 0 Å².